The summed E-state index contributed by atoms with van der Waals surface area (Å²) in [6.45, 7) is 4.64. The van der Waals surface area contributed by atoms with E-state index in [9.17, 15) is 19.4 Å². The van der Waals surface area contributed by atoms with Gasteiger partial charge in [-0.3, -0.25) is 9.36 Å². The van der Waals surface area contributed by atoms with Crippen LogP contribution in [0.3, 0.4) is 0 Å². The first-order chi connectivity index (χ1) is 27.0. The van der Waals surface area contributed by atoms with Crippen molar-refractivity contribution in [3.05, 3.63) is 24.3 Å². The number of nitrogens with zero attached hydrogens (tertiary/aromatic N) is 1. The van der Waals surface area contributed by atoms with Crippen molar-refractivity contribution in [3.63, 3.8) is 0 Å². The van der Waals surface area contributed by atoms with Crippen LogP contribution in [0.15, 0.2) is 24.3 Å². The Labute approximate surface area is 347 Å². The van der Waals surface area contributed by atoms with Crippen LogP contribution < -0.4 is 10.2 Å². The highest BCUT2D eigenvalue weighted by molar-refractivity contribution is 7.45. The van der Waals surface area contributed by atoms with Crippen LogP contribution in [0, 0.1) is 0 Å². The maximum Gasteiger partial charge on any atom is 0.268 e. The number of hydrogen-bond donors (Lipinski definition) is 2. The number of rotatable bonds is 43. The van der Waals surface area contributed by atoms with Gasteiger partial charge in [0.2, 0.25) is 5.91 Å². The number of aliphatic hydroxyl groups is 1. The normalized spacial score (nSPS) is 14.5. The third kappa shape index (κ3) is 41.2. The third-order valence-corrected chi connectivity index (χ3v) is 11.7. The van der Waals surface area contributed by atoms with E-state index in [1.54, 1.807) is 0 Å². The lowest BCUT2D eigenvalue weighted by atomic mass is 10.0. The summed E-state index contributed by atoms with van der Waals surface area (Å²) in [5, 5.41) is 13.8. The summed E-state index contributed by atoms with van der Waals surface area (Å²) in [5.41, 5.74) is 0. The molecule has 0 aromatic heterocycles. The highest BCUT2D eigenvalue weighted by atomic mass is 31.2. The molecule has 0 aliphatic rings. The number of likely N-dealkylation sites (N-methyl/N-ethyl adjacent to an activating group) is 1. The fourth-order valence-electron chi connectivity index (χ4n) is 6.89. The van der Waals surface area contributed by atoms with Gasteiger partial charge in [0.15, 0.2) is 0 Å². The van der Waals surface area contributed by atoms with Crippen molar-refractivity contribution in [3.8, 4) is 0 Å². The number of carbonyl (C=O) groups is 1. The van der Waals surface area contributed by atoms with Gasteiger partial charge in [-0.1, -0.05) is 205 Å². The second-order valence-electron chi connectivity index (χ2n) is 17.5. The Morgan fingerprint density at radius 1 is 0.607 bits per heavy atom. The molecule has 9 heteroatoms. The number of hydrogen-bond acceptors (Lipinski definition) is 6. The van der Waals surface area contributed by atoms with Gasteiger partial charge in [-0.15, -0.1) is 0 Å². The number of aliphatic hydroxyl groups excluding tert-OH is 1. The molecule has 0 bridgehead atoms. The molecule has 56 heavy (non-hydrogen) atoms. The molecule has 2 N–H and O–H groups in total. The number of amides is 1. The molecule has 332 valence electrons. The first-order valence-corrected chi connectivity index (χ1v) is 25.1. The van der Waals surface area contributed by atoms with E-state index < -0.39 is 20.0 Å². The molecule has 0 heterocycles. The molecule has 1 amide bonds. The molecule has 0 aromatic carbocycles. The molecule has 8 nitrogen and oxygen atoms in total. The lowest BCUT2D eigenvalue weighted by Crippen LogP contribution is -2.46. The molecular formula is C47H93N2O6P. The third-order valence-electron chi connectivity index (χ3n) is 10.7. The zero-order valence-corrected chi connectivity index (χ0v) is 38.5. The molecule has 0 fully saturated rings. The number of nitrogens with one attached hydrogen (secondary N) is 1. The molecule has 0 saturated carbocycles. The van der Waals surface area contributed by atoms with Gasteiger partial charge in [0.1, 0.15) is 13.2 Å². The quantitative estimate of drug-likeness (QED) is 0.0275. The van der Waals surface area contributed by atoms with Crippen molar-refractivity contribution >= 4 is 13.7 Å². The Kier molecular flexibility index (Phi) is 38.7. The summed E-state index contributed by atoms with van der Waals surface area (Å²) < 4.78 is 23.2. The van der Waals surface area contributed by atoms with Gasteiger partial charge in [-0.25, -0.2) is 0 Å². The molecule has 3 atom stereocenters. The van der Waals surface area contributed by atoms with E-state index in [1.165, 1.54) is 167 Å². The minimum absolute atomic E-state index is 0.00414. The molecule has 0 radical (unpaired) electrons. The standard InChI is InChI=1S/C47H93N2O6P/c1-6-8-10-12-14-16-18-20-21-22-23-24-25-26-27-29-31-33-35-37-39-41-47(51)48-45(44-55-56(52,53)54-43-42-49(3,4)5)46(50)40-38-36-34-32-30-28-19-17-15-13-11-9-7-2/h36-39,45-46,50H,6-35,40-44H2,1-5H3,(H-,48,51,52,53)/t45-,46+/m0/s1. The summed E-state index contributed by atoms with van der Waals surface area (Å²) in [7, 11) is 1.25. The van der Waals surface area contributed by atoms with Crippen LogP contribution in [-0.2, 0) is 18.4 Å². The molecule has 0 aliphatic carbocycles. The van der Waals surface area contributed by atoms with E-state index in [1.807, 2.05) is 33.3 Å². The largest absolute Gasteiger partial charge is 0.756 e. The van der Waals surface area contributed by atoms with Crippen LogP contribution in [0.2, 0.25) is 0 Å². The van der Waals surface area contributed by atoms with Crippen molar-refractivity contribution in [1.29, 1.82) is 0 Å². The van der Waals surface area contributed by atoms with E-state index in [4.69, 9.17) is 9.05 Å². The summed E-state index contributed by atoms with van der Waals surface area (Å²) in [5.74, 6) is -0.271. The average Bonchev–Trinajstić information content (AvgIpc) is 3.15. The van der Waals surface area contributed by atoms with E-state index in [0.29, 0.717) is 17.4 Å². The monoisotopic (exact) mass is 813 g/mol. The Morgan fingerprint density at radius 2 is 0.982 bits per heavy atom. The molecule has 0 aliphatic heterocycles. The molecule has 1 unspecified atom stereocenters. The number of allylic oxidation sites excluding steroid dienone is 2. The Hall–Kier alpha value is -1.02. The van der Waals surface area contributed by atoms with Crippen LogP contribution in [0.1, 0.15) is 219 Å². The molecule has 0 rings (SSSR count). The van der Waals surface area contributed by atoms with Crippen LogP contribution in [0.25, 0.3) is 0 Å². The van der Waals surface area contributed by atoms with E-state index >= 15 is 0 Å². The topological polar surface area (TPSA) is 108 Å². The molecule has 0 spiro atoms. The minimum atomic E-state index is -4.59. The predicted molar refractivity (Wildman–Crippen MR) is 238 cm³/mol. The minimum Gasteiger partial charge on any atom is -0.756 e. The van der Waals surface area contributed by atoms with E-state index in [2.05, 4.69) is 31.3 Å². The highest BCUT2D eigenvalue weighted by Gasteiger charge is 2.23. The number of unbranched alkanes of at least 4 members (excludes halogenated alkanes) is 28. The van der Waals surface area contributed by atoms with Crippen molar-refractivity contribution in [2.24, 2.45) is 0 Å². The lowest BCUT2D eigenvalue weighted by Gasteiger charge is -2.29. The van der Waals surface area contributed by atoms with Gasteiger partial charge in [0, 0.05) is 6.42 Å². The van der Waals surface area contributed by atoms with Crippen molar-refractivity contribution in [2.45, 2.75) is 231 Å². The van der Waals surface area contributed by atoms with Gasteiger partial charge in [0.25, 0.3) is 7.82 Å². The summed E-state index contributed by atoms with van der Waals surface area (Å²) in [6, 6.07) is -0.878. The fourth-order valence-corrected chi connectivity index (χ4v) is 7.61. The van der Waals surface area contributed by atoms with E-state index in [-0.39, 0.29) is 25.5 Å². The molecule has 0 aromatic rings. The SMILES string of the molecule is CCCCCCCCCCCCC=CC[C@@H](O)[C@H](COP(=O)([O-])OCC[N+](C)(C)C)NC(=O)CC=CCCCCCCCCCCCCCCCCCCCC. The lowest BCUT2D eigenvalue weighted by molar-refractivity contribution is -0.870. The van der Waals surface area contributed by atoms with Gasteiger partial charge in [-0.05, 0) is 32.1 Å². The van der Waals surface area contributed by atoms with Gasteiger partial charge >= 0.3 is 0 Å². The number of phosphoric acid groups is 1. The Morgan fingerprint density at radius 3 is 1.38 bits per heavy atom. The van der Waals surface area contributed by atoms with Crippen LogP contribution in [0.5, 0.6) is 0 Å². The van der Waals surface area contributed by atoms with Crippen LogP contribution in [0.4, 0.5) is 0 Å². The van der Waals surface area contributed by atoms with Gasteiger partial charge in [-0.2, -0.15) is 0 Å². The zero-order chi connectivity index (χ0) is 41.4. The van der Waals surface area contributed by atoms with Gasteiger partial charge in [0.05, 0.1) is 39.9 Å². The Bertz CT molecular complexity index is 969. The predicted octanol–water partition coefficient (Wildman–Crippen LogP) is 12.7. The summed E-state index contributed by atoms with van der Waals surface area (Å²) in [4.78, 5) is 25.3. The smallest absolute Gasteiger partial charge is 0.268 e. The summed E-state index contributed by atoms with van der Waals surface area (Å²) in [6.07, 6.45) is 46.7. The van der Waals surface area contributed by atoms with Crippen LogP contribution >= 0.6 is 7.82 Å². The first-order valence-electron chi connectivity index (χ1n) is 23.7. The maximum absolute atomic E-state index is 12.8. The van der Waals surface area contributed by atoms with Crippen molar-refractivity contribution in [1.82, 2.24) is 5.32 Å². The maximum atomic E-state index is 12.8. The molecule has 0 saturated heterocycles. The average molecular weight is 813 g/mol. The van der Waals surface area contributed by atoms with Crippen molar-refractivity contribution in [2.75, 3.05) is 40.9 Å². The number of phosphoric ester groups is 1. The Balaban J connectivity index is 4.34. The van der Waals surface area contributed by atoms with E-state index in [0.717, 1.165) is 25.7 Å². The van der Waals surface area contributed by atoms with Crippen LogP contribution in [-0.4, -0.2) is 68.5 Å². The number of carbonyl (C=O) groups excluding carboxylic acids is 1. The van der Waals surface area contributed by atoms with Crippen molar-refractivity contribution < 1.29 is 32.9 Å². The summed E-state index contributed by atoms with van der Waals surface area (Å²) >= 11 is 0. The van der Waals surface area contributed by atoms with Gasteiger partial charge < -0.3 is 28.8 Å². The highest BCUT2D eigenvalue weighted by Crippen LogP contribution is 2.38. The number of quaternary nitrogens is 1. The second-order valence-corrected chi connectivity index (χ2v) is 18.9. The fraction of sp³-hybridized carbons (Fsp3) is 0.894. The first kappa shape index (κ1) is 55.0. The second kappa shape index (κ2) is 39.4. The zero-order valence-electron chi connectivity index (χ0n) is 37.6. The molecular weight excluding hydrogens is 719 g/mol.